The molecule has 0 radical (unpaired) electrons. The molecule has 2 fully saturated rings. The summed E-state index contributed by atoms with van der Waals surface area (Å²) in [7, 11) is 0. The van der Waals surface area contributed by atoms with Crippen LogP contribution in [-0.4, -0.2) is 31.1 Å². The van der Waals surface area contributed by atoms with Gasteiger partial charge in [0.2, 0.25) is 0 Å². The van der Waals surface area contributed by atoms with Crippen LogP contribution in [0.4, 0.5) is 5.69 Å². The number of hydrogen-bond donors (Lipinski definition) is 2. The van der Waals surface area contributed by atoms with E-state index in [4.69, 9.17) is 15.9 Å². The minimum atomic E-state index is 0.142. The molecule has 1 aromatic rings. The molecule has 3 N–H and O–H groups in total. The summed E-state index contributed by atoms with van der Waals surface area (Å²) in [6, 6.07) is 6.08. The van der Waals surface area contributed by atoms with Gasteiger partial charge in [-0.25, -0.2) is 0 Å². The van der Waals surface area contributed by atoms with Gasteiger partial charge in [-0.2, -0.15) is 0 Å². The van der Waals surface area contributed by atoms with E-state index in [1.54, 1.807) is 0 Å². The maximum Gasteiger partial charge on any atom is 0.124 e. The SMILES string of the molecule is Cc1ccc(C(=N)N)c(N2CC3CCC(C2)O3)c1. The average molecular weight is 245 g/mol. The zero-order valence-corrected chi connectivity index (χ0v) is 10.6. The Bertz CT molecular complexity index is 474. The molecule has 4 nitrogen and oxygen atoms in total. The molecule has 0 amide bonds. The van der Waals surface area contributed by atoms with E-state index >= 15 is 0 Å². The summed E-state index contributed by atoms with van der Waals surface area (Å²) in [5.74, 6) is 0.142. The molecule has 18 heavy (non-hydrogen) atoms. The molecule has 96 valence electrons. The number of aryl methyl sites for hydroxylation is 1. The highest BCUT2D eigenvalue weighted by Gasteiger charge is 2.34. The van der Waals surface area contributed by atoms with Gasteiger partial charge in [-0.15, -0.1) is 0 Å². The third-order valence-corrected chi connectivity index (χ3v) is 3.83. The lowest BCUT2D eigenvalue weighted by Gasteiger charge is -2.35. The second-order valence-electron chi connectivity index (χ2n) is 5.30. The maximum atomic E-state index is 7.70. The zero-order valence-electron chi connectivity index (χ0n) is 10.6. The fraction of sp³-hybridized carbons (Fsp3) is 0.500. The standard InChI is InChI=1S/C14H19N3O/c1-9-2-5-12(14(15)16)13(6-9)17-7-10-3-4-11(8-17)18-10/h2,5-6,10-11H,3-4,7-8H2,1H3,(H3,15,16). The quantitative estimate of drug-likeness (QED) is 0.615. The number of ether oxygens (including phenoxy) is 1. The number of anilines is 1. The number of benzene rings is 1. The molecule has 3 rings (SSSR count). The molecule has 1 aromatic carbocycles. The van der Waals surface area contributed by atoms with Crippen LogP contribution in [-0.2, 0) is 4.74 Å². The van der Waals surface area contributed by atoms with Crippen LogP contribution in [0.25, 0.3) is 0 Å². The van der Waals surface area contributed by atoms with Crippen molar-refractivity contribution in [3.8, 4) is 0 Å². The van der Waals surface area contributed by atoms with E-state index in [9.17, 15) is 0 Å². The number of nitrogens with two attached hydrogens (primary N) is 1. The van der Waals surface area contributed by atoms with E-state index in [1.165, 1.54) is 5.56 Å². The minimum Gasteiger partial charge on any atom is -0.384 e. The van der Waals surface area contributed by atoms with Gasteiger partial charge < -0.3 is 15.4 Å². The highest BCUT2D eigenvalue weighted by Crippen LogP contribution is 2.31. The van der Waals surface area contributed by atoms with Gasteiger partial charge in [0, 0.05) is 24.3 Å². The molecule has 2 unspecified atom stereocenters. The van der Waals surface area contributed by atoms with E-state index in [1.807, 2.05) is 12.1 Å². The van der Waals surface area contributed by atoms with Gasteiger partial charge in [-0.3, -0.25) is 5.41 Å². The average Bonchev–Trinajstić information content (AvgIpc) is 2.67. The van der Waals surface area contributed by atoms with Gasteiger partial charge in [0.1, 0.15) is 5.84 Å². The van der Waals surface area contributed by atoms with Crippen molar-refractivity contribution in [1.82, 2.24) is 0 Å². The predicted octanol–water partition coefficient (Wildman–Crippen LogP) is 1.65. The maximum absolute atomic E-state index is 7.70. The Morgan fingerprint density at radius 1 is 1.33 bits per heavy atom. The highest BCUT2D eigenvalue weighted by molar-refractivity contribution is 6.00. The van der Waals surface area contributed by atoms with Gasteiger partial charge in [0.15, 0.2) is 0 Å². The molecular formula is C14H19N3O. The summed E-state index contributed by atoms with van der Waals surface area (Å²) in [6.07, 6.45) is 3.01. The molecule has 0 aliphatic carbocycles. The number of hydrogen-bond acceptors (Lipinski definition) is 3. The first-order valence-corrected chi connectivity index (χ1v) is 6.49. The van der Waals surface area contributed by atoms with Gasteiger partial charge in [-0.05, 0) is 37.5 Å². The van der Waals surface area contributed by atoms with Crippen molar-refractivity contribution in [3.05, 3.63) is 29.3 Å². The Labute approximate surface area is 107 Å². The first kappa shape index (κ1) is 11.5. The Balaban J connectivity index is 1.95. The van der Waals surface area contributed by atoms with E-state index in [0.717, 1.165) is 37.2 Å². The summed E-state index contributed by atoms with van der Waals surface area (Å²) in [5, 5.41) is 7.70. The molecule has 2 atom stereocenters. The summed E-state index contributed by atoms with van der Waals surface area (Å²) in [5.41, 5.74) is 8.81. The largest absolute Gasteiger partial charge is 0.384 e. The lowest BCUT2D eigenvalue weighted by Crippen LogP contribution is -2.43. The molecule has 2 aliphatic heterocycles. The Hall–Kier alpha value is -1.55. The number of nitrogens with one attached hydrogen (secondary N) is 1. The first-order chi connectivity index (χ1) is 8.63. The van der Waals surface area contributed by atoms with Crippen LogP contribution in [0.2, 0.25) is 0 Å². The number of nitrogen functional groups attached to an aromatic ring is 1. The number of nitrogens with zero attached hydrogens (tertiary/aromatic N) is 1. The summed E-state index contributed by atoms with van der Waals surface area (Å²) in [6.45, 7) is 3.91. The van der Waals surface area contributed by atoms with Crippen molar-refractivity contribution in [2.24, 2.45) is 5.73 Å². The molecule has 0 saturated carbocycles. The van der Waals surface area contributed by atoms with Crippen LogP contribution in [0.3, 0.4) is 0 Å². The van der Waals surface area contributed by atoms with Crippen molar-refractivity contribution in [2.45, 2.75) is 32.0 Å². The summed E-state index contributed by atoms with van der Waals surface area (Å²) < 4.78 is 5.85. The summed E-state index contributed by atoms with van der Waals surface area (Å²) in [4.78, 5) is 2.33. The van der Waals surface area contributed by atoms with Crippen LogP contribution in [0.5, 0.6) is 0 Å². The first-order valence-electron chi connectivity index (χ1n) is 6.49. The number of amidine groups is 1. The minimum absolute atomic E-state index is 0.142. The van der Waals surface area contributed by atoms with Crippen LogP contribution >= 0.6 is 0 Å². The number of fused-ring (bicyclic) bond motifs is 2. The third kappa shape index (κ3) is 1.97. The lowest BCUT2D eigenvalue weighted by molar-refractivity contribution is 0.0305. The van der Waals surface area contributed by atoms with Crippen molar-refractivity contribution in [1.29, 1.82) is 5.41 Å². The second kappa shape index (κ2) is 4.28. The van der Waals surface area contributed by atoms with E-state index in [0.29, 0.717) is 12.2 Å². The monoisotopic (exact) mass is 245 g/mol. The van der Waals surface area contributed by atoms with Crippen LogP contribution in [0.1, 0.15) is 24.0 Å². The lowest BCUT2D eigenvalue weighted by atomic mass is 10.1. The highest BCUT2D eigenvalue weighted by atomic mass is 16.5. The molecular weight excluding hydrogens is 226 g/mol. The van der Waals surface area contributed by atoms with Gasteiger partial charge in [0.25, 0.3) is 0 Å². The molecule has 4 heteroatoms. The third-order valence-electron chi connectivity index (χ3n) is 3.83. The van der Waals surface area contributed by atoms with Crippen LogP contribution in [0, 0.1) is 12.3 Å². The molecule has 0 spiro atoms. The number of rotatable bonds is 2. The van der Waals surface area contributed by atoms with Gasteiger partial charge in [0.05, 0.1) is 12.2 Å². The van der Waals surface area contributed by atoms with E-state index in [2.05, 4.69) is 17.9 Å². The number of morpholine rings is 1. The second-order valence-corrected chi connectivity index (χ2v) is 5.30. The van der Waals surface area contributed by atoms with Gasteiger partial charge in [-0.1, -0.05) is 6.07 Å². The molecule has 2 heterocycles. The molecule has 2 aliphatic rings. The topological polar surface area (TPSA) is 62.3 Å². The van der Waals surface area contributed by atoms with E-state index < -0.39 is 0 Å². The fourth-order valence-corrected chi connectivity index (χ4v) is 2.94. The Kier molecular flexibility index (Phi) is 2.74. The van der Waals surface area contributed by atoms with Crippen molar-refractivity contribution in [2.75, 3.05) is 18.0 Å². The fourth-order valence-electron chi connectivity index (χ4n) is 2.94. The molecule has 2 bridgehead atoms. The van der Waals surface area contributed by atoms with Crippen molar-refractivity contribution >= 4 is 11.5 Å². The molecule has 2 saturated heterocycles. The van der Waals surface area contributed by atoms with Crippen molar-refractivity contribution < 1.29 is 4.74 Å². The zero-order chi connectivity index (χ0) is 12.7. The molecule has 0 aromatic heterocycles. The summed E-state index contributed by atoms with van der Waals surface area (Å²) >= 11 is 0. The van der Waals surface area contributed by atoms with E-state index in [-0.39, 0.29) is 5.84 Å². The Morgan fingerprint density at radius 2 is 2.00 bits per heavy atom. The normalized spacial score (nSPS) is 26.4. The smallest absolute Gasteiger partial charge is 0.124 e. The van der Waals surface area contributed by atoms with Crippen LogP contribution in [0.15, 0.2) is 18.2 Å². The predicted molar refractivity (Wildman–Crippen MR) is 72.3 cm³/mol. The van der Waals surface area contributed by atoms with Crippen molar-refractivity contribution in [3.63, 3.8) is 0 Å². The van der Waals surface area contributed by atoms with Crippen LogP contribution < -0.4 is 10.6 Å². The van der Waals surface area contributed by atoms with Gasteiger partial charge >= 0.3 is 0 Å². The Morgan fingerprint density at radius 3 is 2.61 bits per heavy atom.